The van der Waals surface area contributed by atoms with Crippen LogP contribution in [0.3, 0.4) is 0 Å². The Morgan fingerprint density at radius 3 is 2.14 bits per heavy atom. The van der Waals surface area contributed by atoms with Crippen LogP contribution in [0.5, 0.6) is 11.5 Å². The maximum absolute atomic E-state index is 14.4. The van der Waals surface area contributed by atoms with Gasteiger partial charge < -0.3 is 24.8 Å². The number of carbonyl (C=O) groups excluding carboxylic acids is 3. The Morgan fingerprint density at radius 2 is 1.57 bits per heavy atom. The van der Waals surface area contributed by atoms with E-state index in [1.165, 1.54) is 19.1 Å². The number of urea groups is 1. The van der Waals surface area contributed by atoms with Crippen LogP contribution in [-0.2, 0) is 26.5 Å². The van der Waals surface area contributed by atoms with Gasteiger partial charge in [0, 0.05) is 18.2 Å². The largest absolute Gasteiger partial charge is 0.497 e. The van der Waals surface area contributed by atoms with Gasteiger partial charge >= 0.3 is 12.0 Å². The number of nitrogens with zero attached hydrogens (tertiary/aromatic N) is 2. The fourth-order valence-corrected chi connectivity index (χ4v) is 5.63. The molecule has 2 N–H and O–H groups in total. The summed E-state index contributed by atoms with van der Waals surface area (Å²) in [5, 5.41) is 12.6. The summed E-state index contributed by atoms with van der Waals surface area (Å²) in [5.74, 6) is -1.56. The third-order valence-corrected chi connectivity index (χ3v) is 7.95. The third kappa shape index (κ3) is 6.54. The standard InChI is InChI=1S/C34H39N3O7/c1-22(2)18-28(31(40)35-27(20-30(38)39)26-17-16-25(43-4)19-29(26)44-5)37-32(41)34(3,24-14-10-7-11-15-24)36(33(37)42)21-23-12-8-6-9-13-23/h6-17,19,22,27-28H,18,20-21H2,1-5H3,(H,35,40)(H,38,39). The van der Waals surface area contributed by atoms with E-state index >= 15 is 0 Å². The monoisotopic (exact) mass is 601 g/mol. The van der Waals surface area contributed by atoms with Crippen molar-refractivity contribution >= 4 is 23.8 Å². The lowest BCUT2D eigenvalue weighted by Gasteiger charge is -2.32. The number of hydrogen-bond donors (Lipinski definition) is 2. The Hall–Kier alpha value is -4.86. The van der Waals surface area contributed by atoms with Gasteiger partial charge in [-0.25, -0.2) is 9.69 Å². The smallest absolute Gasteiger partial charge is 0.329 e. The number of carbonyl (C=O) groups is 4. The van der Waals surface area contributed by atoms with Crippen molar-refractivity contribution in [3.8, 4) is 11.5 Å². The Labute approximate surface area is 257 Å². The molecule has 4 rings (SSSR count). The van der Waals surface area contributed by atoms with Crippen molar-refractivity contribution in [3.05, 3.63) is 95.6 Å². The average molecular weight is 602 g/mol. The number of aliphatic carboxylic acids is 1. The second kappa shape index (κ2) is 13.6. The molecule has 0 spiro atoms. The lowest BCUT2D eigenvalue weighted by molar-refractivity contribution is -0.141. The second-order valence-electron chi connectivity index (χ2n) is 11.4. The molecule has 3 atom stereocenters. The first kappa shape index (κ1) is 32.1. The molecule has 0 radical (unpaired) electrons. The van der Waals surface area contributed by atoms with Crippen molar-refractivity contribution in [2.24, 2.45) is 5.92 Å². The first-order valence-corrected chi connectivity index (χ1v) is 14.5. The number of hydrogen-bond acceptors (Lipinski definition) is 6. The highest BCUT2D eigenvalue weighted by atomic mass is 16.5. The number of carboxylic acid groups (broad SMARTS) is 1. The summed E-state index contributed by atoms with van der Waals surface area (Å²) in [6.45, 7) is 5.63. The molecule has 10 nitrogen and oxygen atoms in total. The zero-order valence-corrected chi connectivity index (χ0v) is 25.7. The minimum Gasteiger partial charge on any atom is -0.497 e. The van der Waals surface area contributed by atoms with Crippen LogP contribution in [-0.4, -0.2) is 59.0 Å². The van der Waals surface area contributed by atoms with Gasteiger partial charge in [0.1, 0.15) is 23.1 Å². The van der Waals surface area contributed by atoms with Crippen LogP contribution in [0.25, 0.3) is 0 Å². The maximum Gasteiger partial charge on any atom is 0.329 e. The molecule has 44 heavy (non-hydrogen) atoms. The van der Waals surface area contributed by atoms with Crippen molar-refractivity contribution in [2.45, 2.75) is 57.8 Å². The molecule has 1 saturated heterocycles. The van der Waals surface area contributed by atoms with Crippen molar-refractivity contribution < 1.29 is 33.8 Å². The summed E-state index contributed by atoms with van der Waals surface area (Å²) in [4.78, 5) is 57.3. The van der Waals surface area contributed by atoms with Crippen molar-refractivity contribution in [1.82, 2.24) is 15.1 Å². The van der Waals surface area contributed by atoms with Crippen LogP contribution in [0.15, 0.2) is 78.9 Å². The van der Waals surface area contributed by atoms with Crippen LogP contribution in [0.2, 0.25) is 0 Å². The summed E-state index contributed by atoms with van der Waals surface area (Å²) in [7, 11) is 2.93. The third-order valence-electron chi connectivity index (χ3n) is 7.95. The quantitative estimate of drug-likeness (QED) is 0.260. The molecule has 3 unspecified atom stereocenters. The molecular weight excluding hydrogens is 562 g/mol. The van der Waals surface area contributed by atoms with Gasteiger partial charge in [-0.15, -0.1) is 0 Å². The van der Waals surface area contributed by atoms with E-state index in [2.05, 4.69) is 5.32 Å². The fourth-order valence-electron chi connectivity index (χ4n) is 5.63. The number of nitrogens with one attached hydrogen (secondary N) is 1. The summed E-state index contributed by atoms with van der Waals surface area (Å²) >= 11 is 0. The number of imide groups is 1. The summed E-state index contributed by atoms with van der Waals surface area (Å²) in [6, 6.07) is 20.5. The summed E-state index contributed by atoms with van der Waals surface area (Å²) in [5.41, 5.74) is 0.484. The van der Waals surface area contributed by atoms with Crippen LogP contribution >= 0.6 is 0 Å². The van der Waals surface area contributed by atoms with E-state index in [0.717, 1.165) is 10.5 Å². The SMILES string of the molecule is COc1ccc(C(CC(=O)O)NC(=O)C(CC(C)C)N2C(=O)N(Cc3ccccc3)C(C)(c3ccccc3)C2=O)c(OC)c1. The van der Waals surface area contributed by atoms with E-state index in [1.54, 1.807) is 49.4 Å². The van der Waals surface area contributed by atoms with Crippen molar-refractivity contribution in [1.29, 1.82) is 0 Å². The van der Waals surface area contributed by atoms with Gasteiger partial charge in [-0.05, 0) is 42.5 Å². The highest BCUT2D eigenvalue weighted by Crippen LogP contribution is 2.40. The van der Waals surface area contributed by atoms with Gasteiger partial charge in [0.15, 0.2) is 0 Å². The van der Waals surface area contributed by atoms with Crippen LogP contribution in [0.1, 0.15) is 56.3 Å². The van der Waals surface area contributed by atoms with Gasteiger partial charge in [-0.1, -0.05) is 74.5 Å². The van der Waals surface area contributed by atoms with Crippen molar-refractivity contribution in [2.75, 3.05) is 14.2 Å². The van der Waals surface area contributed by atoms with Crippen molar-refractivity contribution in [3.63, 3.8) is 0 Å². The van der Waals surface area contributed by atoms with E-state index in [9.17, 15) is 24.3 Å². The number of benzene rings is 3. The fraction of sp³-hybridized carbons (Fsp3) is 0.353. The van der Waals surface area contributed by atoms with E-state index in [4.69, 9.17) is 9.47 Å². The second-order valence-corrected chi connectivity index (χ2v) is 11.4. The minimum absolute atomic E-state index is 0.0778. The number of methoxy groups -OCH3 is 2. The van der Waals surface area contributed by atoms with Gasteiger partial charge in [0.25, 0.3) is 5.91 Å². The Kier molecular flexibility index (Phi) is 9.93. The molecule has 10 heteroatoms. The van der Waals surface area contributed by atoms with Gasteiger partial charge in [-0.2, -0.15) is 0 Å². The predicted octanol–water partition coefficient (Wildman–Crippen LogP) is 5.13. The number of rotatable bonds is 13. The predicted molar refractivity (Wildman–Crippen MR) is 164 cm³/mol. The van der Waals surface area contributed by atoms with Gasteiger partial charge in [0.05, 0.1) is 26.7 Å². The molecule has 3 aromatic rings. The number of amides is 4. The van der Waals surface area contributed by atoms with E-state index in [1.807, 2.05) is 50.2 Å². The zero-order valence-electron chi connectivity index (χ0n) is 25.7. The number of ether oxygens (including phenoxy) is 2. The Balaban J connectivity index is 1.75. The average Bonchev–Trinajstić information content (AvgIpc) is 3.20. The molecule has 4 amide bonds. The molecule has 0 aliphatic carbocycles. The summed E-state index contributed by atoms with van der Waals surface area (Å²) < 4.78 is 10.8. The molecule has 0 aromatic heterocycles. The van der Waals surface area contributed by atoms with Crippen LogP contribution in [0, 0.1) is 5.92 Å². The first-order chi connectivity index (χ1) is 21.0. The molecule has 232 valence electrons. The zero-order chi connectivity index (χ0) is 32.0. The van der Waals surface area contributed by atoms with E-state index in [0.29, 0.717) is 22.6 Å². The highest BCUT2D eigenvalue weighted by molar-refractivity contribution is 6.10. The molecule has 0 bridgehead atoms. The van der Waals surface area contributed by atoms with E-state index in [-0.39, 0.29) is 18.9 Å². The first-order valence-electron chi connectivity index (χ1n) is 14.5. The molecule has 1 fully saturated rings. The molecule has 3 aromatic carbocycles. The highest BCUT2D eigenvalue weighted by Gasteiger charge is 2.58. The molecule has 1 aliphatic rings. The molecular formula is C34H39N3O7. The van der Waals surface area contributed by atoms with Crippen LogP contribution in [0.4, 0.5) is 4.79 Å². The molecule has 1 heterocycles. The molecule has 0 saturated carbocycles. The van der Waals surface area contributed by atoms with Gasteiger partial charge in [-0.3, -0.25) is 14.4 Å². The van der Waals surface area contributed by atoms with E-state index < -0.39 is 47.9 Å². The topological polar surface area (TPSA) is 125 Å². The Bertz CT molecular complexity index is 1500. The normalized spacial score (nSPS) is 17.9. The summed E-state index contributed by atoms with van der Waals surface area (Å²) in [6.07, 6.45) is -0.278. The maximum atomic E-state index is 14.4. The molecule has 1 aliphatic heterocycles. The van der Waals surface area contributed by atoms with Gasteiger partial charge in [0.2, 0.25) is 5.91 Å². The number of carboxylic acids is 1. The Morgan fingerprint density at radius 1 is 0.932 bits per heavy atom. The van der Waals surface area contributed by atoms with Crippen LogP contribution < -0.4 is 14.8 Å². The minimum atomic E-state index is -1.39. The lowest BCUT2D eigenvalue weighted by Crippen LogP contribution is -2.52. The lowest BCUT2D eigenvalue weighted by atomic mass is 9.89.